The second-order valence-electron chi connectivity index (χ2n) is 4.99. The van der Waals surface area contributed by atoms with Gasteiger partial charge in [0.05, 0.1) is 11.8 Å². The monoisotopic (exact) mass is 298 g/mol. The van der Waals surface area contributed by atoms with Crippen LogP contribution in [-0.4, -0.2) is 27.2 Å². The number of nitrogens with zero attached hydrogens (tertiary/aromatic N) is 3. The van der Waals surface area contributed by atoms with Gasteiger partial charge >= 0.3 is 0 Å². The largest absolute Gasteiger partial charge is 0.454 e. The van der Waals surface area contributed by atoms with E-state index in [1.165, 1.54) is 0 Å². The van der Waals surface area contributed by atoms with Gasteiger partial charge in [-0.3, -0.25) is 5.10 Å². The van der Waals surface area contributed by atoms with Crippen molar-refractivity contribution in [2.45, 2.75) is 19.8 Å². The Kier molecular flexibility index (Phi) is 3.03. The van der Waals surface area contributed by atoms with Crippen LogP contribution in [0.2, 0.25) is 0 Å². The number of ether oxygens (including phenoxy) is 2. The first-order chi connectivity index (χ1) is 10.8. The summed E-state index contributed by atoms with van der Waals surface area (Å²) < 4.78 is 16.4. The first-order valence-electron chi connectivity index (χ1n) is 7.11. The van der Waals surface area contributed by atoms with Gasteiger partial charge in [-0.25, -0.2) is 0 Å². The van der Waals surface area contributed by atoms with E-state index in [0.29, 0.717) is 17.5 Å². The molecule has 7 nitrogen and oxygen atoms in total. The van der Waals surface area contributed by atoms with Crippen molar-refractivity contribution in [2.24, 2.45) is 0 Å². The lowest BCUT2D eigenvalue weighted by molar-refractivity contribution is 0.174. The molecule has 0 bridgehead atoms. The highest BCUT2D eigenvalue weighted by atomic mass is 16.7. The molecule has 0 atom stereocenters. The van der Waals surface area contributed by atoms with Gasteiger partial charge in [0, 0.05) is 11.3 Å². The third kappa shape index (κ3) is 2.11. The Hall–Kier alpha value is -2.83. The molecular formula is C15H14N4O3. The van der Waals surface area contributed by atoms with Gasteiger partial charge in [-0.15, -0.1) is 10.2 Å². The Labute approximate surface area is 126 Å². The summed E-state index contributed by atoms with van der Waals surface area (Å²) in [6.45, 7) is 2.35. The molecule has 0 unspecified atom stereocenters. The van der Waals surface area contributed by atoms with E-state index in [9.17, 15) is 0 Å². The minimum absolute atomic E-state index is 0.239. The quantitative estimate of drug-likeness (QED) is 0.797. The highest BCUT2D eigenvalue weighted by Crippen LogP contribution is 2.36. The second-order valence-corrected chi connectivity index (χ2v) is 4.99. The van der Waals surface area contributed by atoms with Crippen molar-refractivity contribution in [1.29, 1.82) is 0 Å². The predicted octanol–water partition coefficient (Wildman–Crippen LogP) is 2.81. The number of fused-ring (bicyclic) bond motifs is 1. The number of rotatable bonds is 4. The van der Waals surface area contributed by atoms with Gasteiger partial charge in [0.1, 0.15) is 0 Å². The lowest BCUT2D eigenvalue weighted by atomic mass is 10.1. The van der Waals surface area contributed by atoms with Crippen LogP contribution in [0.15, 0.2) is 28.8 Å². The zero-order valence-electron chi connectivity index (χ0n) is 12.0. The van der Waals surface area contributed by atoms with Crippen LogP contribution in [0.1, 0.15) is 19.0 Å². The minimum Gasteiger partial charge on any atom is -0.454 e. The van der Waals surface area contributed by atoms with Crippen molar-refractivity contribution in [3.05, 3.63) is 30.1 Å². The lowest BCUT2D eigenvalue weighted by Crippen LogP contribution is -1.92. The van der Waals surface area contributed by atoms with Crippen molar-refractivity contribution in [3.63, 3.8) is 0 Å². The second kappa shape index (κ2) is 5.18. The van der Waals surface area contributed by atoms with E-state index in [4.69, 9.17) is 13.9 Å². The lowest BCUT2D eigenvalue weighted by Gasteiger charge is -1.98. The van der Waals surface area contributed by atoms with E-state index >= 15 is 0 Å². The fourth-order valence-electron chi connectivity index (χ4n) is 2.42. The summed E-state index contributed by atoms with van der Waals surface area (Å²) in [6.07, 6.45) is 3.61. The number of H-pyrrole nitrogens is 1. The van der Waals surface area contributed by atoms with E-state index in [2.05, 4.69) is 27.3 Å². The van der Waals surface area contributed by atoms with Gasteiger partial charge in [-0.2, -0.15) is 5.10 Å². The Morgan fingerprint density at radius 1 is 1.14 bits per heavy atom. The molecule has 1 N–H and O–H groups in total. The molecule has 3 aromatic rings. The van der Waals surface area contributed by atoms with Gasteiger partial charge < -0.3 is 13.9 Å². The van der Waals surface area contributed by atoms with Crippen LogP contribution in [0.5, 0.6) is 11.5 Å². The van der Waals surface area contributed by atoms with Crippen LogP contribution < -0.4 is 9.47 Å². The maximum absolute atomic E-state index is 5.78. The topological polar surface area (TPSA) is 86.1 Å². The minimum atomic E-state index is 0.239. The van der Waals surface area contributed by atoms with Gasteiger partial charge in [0.25, 0.3) is 5.89 Å². The van der Waals surface area contributed by atoms with Crippen LogP contribution in [0.3, 0.4) is 0 Å². The summed E-state index contributed by atoms with van der Waals surface area (Å²) >= 11 is 0. The standard InChI is InChI=1S/C15H14N4O3/c1-2-3-11-10(7-16-17-11)15-19-18-14(22-15)9-4-5-12-13(6-9)21-8-20-12/h4-7H,2-3,8H2,1H3,(H,16,17). The average Bonchev–Trinajstić information content (AvgIpc) is 3.26. The number of nitrogens with one attached hydrogen (secondary N) is 1. The summed E-state index contributed by atoms with van der Waals surface area (Å²) in [5.74, 6) is 2.32. The molecule has 7 heteroatoms. The van der Waals surface area contributed by atoms with Crippen molar-refractivity contribution in [2.75, 3.05) is 6.79 Å². The smallest absolute Gasteiger partial charge is 0.251 e. The average molecular weight is 298 g/mol. The molecule has 1 aliphatic heterocycles. The molecule has 1 aliphatic rings. The van der Waals surface area contributed by atoms with E-state index in [-0.39, 0.29) is 6.79 Å². The molecule has 0 amide bonds. The molecule has 0 saturated heterocycles. The molecular weight excluding hydrogens is 284 g/mol. The molecule has 0 fully saturated rings. The molecule has 0 saturated carbocycles. The summed E-state index contributed by atoms with van der Waals surface area (Å²) in [7, 11) is 0. The van der Waals surface area contributed by atoms with Crippen molar-refractivity contribution < 1.29 is 13.9 Å². The first kappa shape index (κ1) is 12.9. The van der Waals surface area contributed by atoms with Crippen molar-refractivity contribution in [1.82, 2.24) is 20.4 Å². The SMILES string of the molecule is CCCc1[nH]ncc1-c1nnc(-c2ccc3c(c2)OCO3)o1. The molecule has 112 valence electrons. The highest BCUT2D eigenvalue weighted by Gasteiger charge is 2.18. The molecule has 0 spiro atoms. The van der Waals surface area contributed by atoms with E-state index in [1.807, 2.05) is 18.2 Å². The number of hydrogen-bond donors (Lipinski definition) is 1. The summed E-state index contributed by atoms with van der Waals surface area (Å²) in [5, 5.41) is 15.3. The third-order valence-electron chi connectivity index (χ3n) is 3.49. The van der Waals surface area contributed by atoms with E-state index in [0.717, 1.165) is 35.4 Å². The molecule has 22 heavy (non-hydrogen) atoms. The molecule has 4 rings (SSSR count). The van der Waals surface area contributed by atoms with Crippen molar-refractivity contribution >= 4 is 0 Å². The zero-order chi connectivity index (χ0) is 14.9. The number of benzene rings is 1. The number of aryl methyl sites for hydroxylation is 1. The molecule has 3 heterocycles. The summed E-state index contributed by atoms with van der Waals surface area (Å²) in [6, 6.07) is 5.54. The number of aromatic amines is 1. The Morgan fingerprint density at radius 3 is 2.91 bits per heavy atom. The maximum Gasteiger partial charge on any atom is 0.251 e. The normalized spacial score (nSPS) is 12.8. The van der Waals surface area contributed by atoms with Crippen molar-refractivity contribution in [3.8, 4) is 34.4 Å². The van der Waals surface area contributed by atoms with Crippen LogP contribution >= 0.6 is 0 Å². The van der Waals surface area contributed by atoms with Crippen LogP contribution in [0.4, 0.5) is 0 Å². The molecule has 0 aliphatic carbocycles. The summed E-state index contributed by atoms with van der Waals surface area (Å²) in [5.41, 5.74) is 2.65. The van der Waals surface area contributed by atoms with Gasteiger partial charge in [-0.05, 0) is 24.6 Å². The van der Waals surface area contributed by atoms with E-state index in [1.54, 1.807) is 6.20 Å². The summed E-state index contributed by atoms with van der Waals surface area (Å²) in [4.78, 5) is 0. The zero-order valence-corrected chi connectivity index (χ0v) is 12.0. The van der Waals surface area contributed by atoms with Crippen LogP contribution in [0, 0.1) is 0 Å². The Morgan fingerprint density at radius 2 is 2.00 bits per heavy atom. The highest BCUT2D eigenvalue weighted by molar-refractivity contribution is 5.62. The molecule has 2 aromatic heterocycles. The fourth-order valence-corrected chi connectivity index (χ4v) is 2.42. The number of aromatic nitrogens is 4. The Balaban J connectivity index is 1.68. The van der Waals surface area contributed by atoms with Gasteiger partial charge in [0.2, 0.25) is 12.7 Å². The molecule has 0 radical (unpaired) electrons. The van der Waals surface area contributed by atoms with Gasteiger partial charge in [-0.1, -0.05) is 13.3 Å². The maximum atomic E-state index is 5.78. The Bertz CT molecular complexity index is 809. The predicted molar refractivity (Wildman–Crippen MR) is 77.4 cm³/mol. The number of hydrogen-bond acceptors (Lipinski definition) is 6. The molecule has 1 aromatic carbocycles. The van der Waals surface area contributed by atoms with E-state index < -0.39 is 0 Å². The first-order valence-corrected chi connectivity index (χ1v) is 7.11. The third-order valence-corrected chi connectivity index (χ3v) is 3.49. The fraction of sp³-hybridized carbons (Fsp3) is 0.267. The van der Waals surface area contributed by atoms with Crippen LogP contribution in [0.25, 0.3) is 22.9 Å². The van der Waals surface area contributed by atoms with Gasteiger partial charge in [0.15, 0.2) is 11.5 Å². The van der Waals surface area contributed by atoms with Crippen LogP contribution in [-0.2, 0) is 6.42 Å².